The summed E-state index contributed by atoms with van der Waals surface area (Å²) < 4.78 is 18.9. The normalized spacial score (nSPS) is 23.7. The van der Waals surface area contributed by atoms with Crippen molar-refractivity contribution in [1.29, 1.82) is 0 Å². The summed E-state index contributed by atoms with van der Waals surface area (Å²) in [4.78, 5) is 12.3. The van der Waals surface area contributed by atoms with Crippen LogP contribution < -0.4 is 5.32 Å². The number of Topliss-reactive ketones (excluding diaryl/α,β-unsaturated/α-hetero) is 1. The van der Waals surface area contributed by atoms with E-state index in [1.807, 2.05) is 6.92 Å². The summed E-state index contributed by atoms with van der Waals surface area (Å²) in [6, 6.07) is 6.32. The molecule has 1 saturated heterocycles. The molecule has 1 aliphatic rings. The van der Waals surface area contributed by atoms with Crippen molar-refractivity contribution in [3.8, 4) is 0 Å². The number of fused-ring (bicyclic) bond motifs is 1. The van der Waals surface area contributed by atoms with Crippen LogP contribution in [-0.2, 0) is 0 Å². The van der Waals surface area contributed by atoms with Crippen LogP contribution in [0.1, 0.15) is 17.5 Å². The van der Waals surface area contributed by atoms with Gasteiger partial charge in [0.25, 0.3) is 0 Å². The minimum atomic E-state index is -0.427. The maximum absolute atomic E-state index is 13.5. The number of carbonyl (C=O) groups is 1. The lowest BCUT2D eigenvalue weighted by Gasteiger charge is -2.10. The van der Waals surface area contributed by atoms with Crippen LogP contribution in [0.3, 0.4) is 0 Å². The first-order valence-corrected chi connectivity index (χ1v) is 6.10. The standard InChI is InChI=1S/C14H14FNO2/c1-8-6-16-7-10(8)13(17)12-5-9-3-2-4-11(15)14(9)18-12/h2-5,8,10,16H,6-7H2,1H3. The number of halogens is 1. The number of hydrogen-bond acceptors (Lipinski definition) is 3. The number of nitrogens with one attached hydrogen (secondary N) is 1. The second kappa shape index (κ2) is 4.21. The highest BCUT2D eigenvalue weighted by atomic mass is 19.1. The largest absolute Gasteiger partial charge is 0.450 e. The van der Waals surface area contributed by atoms with E-state index in [1.54, 1.807) is 18.2 Å². The van der Waals surface area contributed by atoms with Crippen molar-refractivity contribution in [3.63, 3.8) is 0 Å². The molecule has 1 aromatic heterocycles. The Morgan fingerprint density at radius 1 is 1.44 bits per heavy atom. The number of furan rings is 1. The molecule has 94 valence electrons. The maximum Gasteiger partial charge on any atom is 0.202 e. The van der Waals surface area contributed by atoms with Crippen molar-refractivity contribution < 1.29 is 13.6 Å². The molecule has 2 heterocycles. The van der Waals surface area contributed by atoms with Crippen molar-refractivity contribution in [2.24, 2.45) is 11.8 Å². The van der Waals surface area contributed by atoms with Gasteiger partial charge in [0.1, 0.15) is 0 Å². The molecule has 1 N–H and O–H groups in total. The van der Waals surface area contributed by atoms with Gasteiger partial charge in [0.15, 0.2) is 17.2 Å². The molecular formula is C14H14FNO2. The highest BCUT2D eigenvalue weighted by molar-refractivity contribution is 5.99. The third-order valence-electron chi connectivity index (χ3n) is 3.59. The highest BCUT2D eigenvalue weighted by Gasteiger charge is 2.32. The Balaban J connectivity index is 1.99. The predicted molar refractivity (Wildman–Crippen MR) is 66.0 cm³/mol. The van der Waals surface area contributed by atoms with Gasteiger partial charge in [0.05, 0.1) is 0 Å². The number of hydrogen-bond donors (Lipinski definition) is 1. The van der Waals surface area contributed by atoms with Crippen LogP contribution in [0.5, 0.6) is 0 Å². The topological polar surface area (TPSA) is 42.2 Å². The predicted octanol–water partition coefficient (Wildman–Crippen LogP) is 2.61. The first kappa shape index (κ1) is 11.4. The summed E-state index contributed by atoms with van der Waals surface area (Å²) in [5.41, 5.74) is 0.166. The number of benzene rings is 1. The lowest BCUT2D eigenvalue weighted by Crippen LogP contribution is -2.20. The van der Waals surface area contributed by atoms with Gasteiger partial charge < -0.3 is 9.73 Å². The zero-order valence-corrected chi connectivity index (χ0v) is 10.1. The van der Waals surface area contributed by atoms with E-state index >= 15 is 0 Å². The fraction of sp³-hybridized carbons (Fsp3) is 0.357. The second-order valence-corrected chi connectivity index (χ2v) is 4.88. The van der Waals surface area contributed by atoms with Gasteiger partial charge in [-0.05, 0) is 24.6 Å². The van der Waals surface area contributed by atoms with Crippen molar-refractivity contribution >= 4 is 16.8 Å². The quantitative estimate of drug-likeness (QED) is 0.829. The van der Waals surface area contributed by atoms with Crippen LogP contribution in [0.4, 0.5) is 4.39 Å². The molecule has 0 saturated carbocycles. The molecule has 0 amide bonds. The molecular weight excluding hydrogens is 233 g/mol. The number of carbonyl (C=O) groups excluding carboxylic acids is 1. The Hall–Kier alpha value is -1.68. The van der Waals surface area contributed by atoms with Crippen LogP contribution in [-0.4, -0.2) is 18.9 Å². The fourth-order valence-electron chi connectivity index (χ4n) is 2.49. The van der Waals surface area contributed by atoms with Crippen LogP contribution in [0.2, 0.25) is 0 Å². The molecule has 3 nitrogen and oxygen atoms in total. The molecule has 2 aromatic rings. The van der Waals surface area contributed by atoms with Crippen LogP contribution in [0.15, 0.2) is 28.7 Å². The van der Waals surface area contributed by atoms with Gasteiger partial charge in [-0.1, -0.05) is 19.1 Å². The highest BCUT2D eigenvalue weighted by Crippen LogP contribution is 2.27. The summed E-state index contributed by atoms with van der Waals surface area (Å²) in [5, 5.41) is 3.82. The van der Waals surface area contributed by atoms with Crippen LogP contribution in [0.25, 0.3) is 11.0 Å². The number of ketones is 1. The SMILES string of the molecule is CC1CNCC1C(=O)c1cc2cccc(F)c2o1. The van der Waals surface area contributed by atoms with E-state index in [2.05, 4.69) is 5.32 Å². The summed E-state index contributed by atoms with van der Waals surface area (Å²) >= 11 is 0. The zero-order valence-electron chi connectivity index (χ0n) is 10.1. The lowest BCUT2D eigenvalue weighted by molar-refractivity contribution is 0.0881. The van der Waals surface area contributed by atoms with Crippen molar-refractivity contribution in [2.75, 3.05) is 13.1 Å². The van der Waals surface area contributed by atoms with Gasteiger partial charge >= 0.3 is 0 Å². The van der Waals surface area contributed by atoms with E-state index in [0.717, 1.165) is 6.54 Å². The third-order valence-corrected chi connectivity index (χ3v) is 3.59. The molecule has 0 bridgehead atoms. The summed E-state index contributed by atoms with van der Waals surface area (Å²) in [6.07, 6.45) is 0. The van der Waals surface area contributed by atoms with Gasteiger partial charge in [0, 0.05) is 17.8 Å². The molecule has 1 aromatic carbocycles. The molecule has 0 aliphatic carbocycles. The third kappa shape index (κ3) is 1.73. The molecule has 0 spiro atoms. The van der Waals surface area contributed by atoms with Crippen molar-refractivity contribution in [3.05, 3.63) is 35.8 Å². The van der Waals surface area contributed by atoms with Gasteiger partial charge in [-0.3, -0.25) is 4.79 Å². The molecule has 4 heteroatoms. The van der Waals surface area contributed by atoms with Gasteiger partial charge in [-0.2, -0.15) is 0 Å². The van der Waals surface area contributed by atoms with Crippen LogP contribution in [0, 0.1) is 17.7 Å². The Morgan fingerprint density at radius 2 is 2.28 bits per heavy atom. The van der Waals surface area contributed by atoms with E-state index in [0.29, 0.717) is 11.9 Å². The fourth-order valence-corrected chi connectivity index (χ4v) is 2.49. The molecule has 1 aliphatic heterocycles. The molecule has 2 atom stereocenters. The molecule has 2 unspecified atom stereocenters. The van der Waals surface area contributed by atoms with E-state index in [1.165, 1.54) is 6.07 Å². The van der Waals surface area contributed by atoms with Crippen LogP contribution >= 0.6 is 0 Å². The smallest absolute Gasteiger partial charge is 0.202 e. The Morgan fingerprint density at radius 3 is 2.94 bits per heavy atom. The monoisotopic (exact) mass is 247 g/mol. The first-order valence-electron chi connectivity index (χ1n) is 6.10. The second-order valence-electron chi connectivity index (χ2n) is 4.88. The average Bonchev–Trinajstić information content (AvgIpc) is 2.95. The van der Waals surface area contributed by atoms with Gasteiger partial charge in [-0.15, -0.1) is 0 Å². The van der Waals surface area contributed by atoms with Gasteiger partial charge in [-0.25, -0.2) is 4.39 Å². The van der Waals surface area contributed by atoms with Crippen molar-refractivity contribution in [1.82, 2.24) is 5.32 Å². The summed E-state index contributed by atoms with van der Waals surface area (Å²) in [7, 11) is 0. The first-order chi connectivity index (χ1) is 8.66. The Bertz CT molecular complexity index is 605. The minimum Gasteiger partial charge on any atom is -0.450 e. The van der Waals surface area contributed by atoms with E-state index in [4.69, 9.17) is 4.42 Å². The summed E-state index contributed by atoms with van der Waals surface area (Å²) in [6.45, 7) is 3.54. The zero-order chi connectivity index (χ0) is 12.7. The molecule has 0 radical (unpaired) electrons. The molecule has 3 rings (SSSR count). The Kier molecular flexibility index (Phi) is 2.67. The van der Waals surface area contributed by atoms with Crippen molar-refractivity contribution in [2.45, 2.75) is 6.92 Å². The maximum atomic E-state index is 13.5. The lowest BCUT2D eigenvalue weighted by atomic mass is 9.92. The van der Waals surface area contributed by atoms with E-state index in [9.17, 15) is 9.18 Å². The number of para-hydroxylation sites is 1. The summed E-state index contributed by atoms with van der Waals surface area (Å²) in [5.74, 6) is 0.00655. The van der Waals surface area contributed by atoms with E-state index < -0.39 is 5.82 Å². The molecule has 1 fully saturated rings. The van der Waals surface area contributed by atoms with E-state index in [-0.39, 0.29) is 29.0 Å². The Labute approximate surface area is 104 Å². The molecule has 18 heavy (non-hydrogen) atoms. The minimum absolute atomic E-state index is 0.0388. The van der Waals surface area contributed by atoms with Gasteiger partial charge in [0.2, 0.25) is 5.78 Å². The average molecular weight is 247 g/mol. The number of rotatable bonds is 2.